The SMILES string of the molecule is [O]=[V]=[C](O)C(=O)OOC(=O)CO. The molecule has 0 spiro atoms. The van der Waals surface area contributed by atoms with Gasteiger partial charge in [0.25, 0.3) is 0 Å². The molecule has 8 heteroatoms. The third-order valence-corrected chi connectivity index (χ3v) is 1.16. The Kier molecular flexibility index (Phi) is 5.30. The Hall–Kier alpha value is -0.886. The van der Waals surface area contributed by atoms with E-state index in [0.29, 0.717) is 0 Å². The van der Waals surface area contributed by atoms with Gasteiger partial charge >= 0.3 is 72.0 Å². The molecule has 0 heterocycles. The van der Waals surface area contributed by atoms with Crippen LogP contribution in [0.4, 0.5) is 0 Å². The van der Waals surface area contributed by atoms with E-state index in [-0.39, 0.29) is 0 Å². The van der Waals surface area contributed by atoms with Gasteiger partial charge in [0.1, 0.15) is 0 Å². The molecule has 0 aromatic heterocycles. The standard InChI is InChI=1S/C4H4O6.O.V/c5-1-3(7)9-10-4(8)2-6;;/h5-6H,1H2;;. The number of aliphatic hydroxyl groups excluding tert-OH is 2. The topological polar surface area (TPSA) is 110 Å². The van der Waals surface area contributed by atoms with Crippen LogP contribution in [0.2, 0.25) is 0 Å². The number of rotatable bonds is 2. The van der Waals surface area contributed by atoms with Crippen molar-refractivity contribution >= 4 is 16.4 Å². The summed E-state index contributed by atoms with van der Waals surface area (Å²) < 4.78 is 8.88. The van der Waals surface area contributed by atoms with E-state index in [1.807, 2.05) is 0 Å². The maximum atomic E-state index is 10.3. The first-order chi connectivity index (χ1) is 5.61. The van der Waals surface area contributed by atoms with Crippen molar-refractivity contribution in [2.45, 2.75) is 0 Å². The first kappa shape index (κ1) is 11.1. The molecule has 0 rings (SSSR count). The molecule has 0 aromatic rings. The second kappa shape index (κ2) is 5.73. The van der Waals surface area contributed by atoms with Crippen molar-refractivity contribution < 1.29 is 49.0 Å². The van der Waals surface area contributed by atoms with E-state index in [2.05, 4.69) is 9.78 Å². The molecule has 0 aliphatic rings. The van der Waals surface area contributed by atoms with Crippen LogP contribution < -0.4 is 0 Å². The van der Waals surface area contributed by atoms with Crippen molar-refractivity contribution in [1.82, 2.24) is 0 Å². The average molecular weight is 215 g/mol. The van der Waals surface area contributed by atoms with Crippen molar-refractivity contribution in [2.75, 3.05) is 6.61 Å². The zero-order valence-electron chi connectivity index (χ0n) is 5.59. The quantitative estimate of drug-likeness (QED) is 0.401. The zero-order chi connectivity index (χ0) is 9.56. The van der Waals surface area contributed by atoms with Crippen LogP contribution in [0.25, 0.3) is 0 Å². The van der Waals surface area contributed by atoms with Gasteiger partial charge in [-0.25, -0.2) is 0 Å². The Morgan fingerprint density at radius 1 is 1.33 bits per heavy atom. The van der Waals surface area contributed by atoms with E-state index in [4.69, 9.17) is 10.2 Å². The average Bonchev–Trinajstić information content (AvgIpc) is 2.11. The number of carbonyl (C=O) groups excluding carboxylic acids is 2. The van der Waals surface area contributed by atoms with Gasteiger partial charge in [0, 0.05) is 0 Å². The van der Waals surface area contributed by atoms with Gasteiger partial charge in [-0.3, -0.25) is 0 Å². The molecular weight excluding hydrogens is 211 g/mol. The van der Waals surface area contributed by atoms with Crippen molar-refractivity contribution in [3.63, 3.8) is 0 Å². The fourth-order valence-electron chi connectivity index (χ4n) is 0.185. The summed E-state index contributed by atoms with van der Waals surface area (Å²) in [7, 11) is 0. The molecule has 0 amide bonds. The van der Waals surface area contributed by atoms with Crippen LogP contribution in [0.15, 0.2) is 0 Å². The number of hydrogen-bond acceptors (Lipinski definition) is 7. The molecule has 0 atom stereocenters. The van der Waals surface area contributed by atoms with Gasteiger partial charge in [-0.15, -0.1) is 0 Å². The first-order valence-electron chi connectivity index (χ1n) is 2.53. The molecule has 0 aromatic carbocycles. The summed E-state index contributed by atoms with van der Waals surface area (Å²) >= 11 is -1.91. The first-order valence-corrected chi connectivity index (χ1v) is 3.80. The van der Waals surface area contributed by atoms with E-state index < -0.39 is 38.8 Å². The predicted octanol–water partition coefficient (Wildman–Crippen LogP) is -2.09. The van der Waals surface area contributed by atoms with Gasteiger partial charge in [0.2, 0.25) is 0 Å². The monoisotopic (exact) mass is 215 g/mol. The van der Waals surface area contributed by atoms with Crippen LogP contribution in [0.5, 0.6) is 0 Å². The Morgan fingerprint density at radius 2 is 1.92 bits per heavy atom. The van der Waals surface area contributed by atoms with Crippen LogP contribution in [0, 0.1) is 0 Å². The van der Waals surface area contributed by atoms with Crippen molar-refractivity contribution in [1.29, 1.82) is 0 Å². The van der Waals surface area contributed by atoms with Crippen LogP contribution in [0.1, 0.15) is 0 Å². The molecule has 67 valence electrons. The predicted molar refractivity (Wildman–Crippen MR) is 26.9 cm³/mol. The summed E-state index contributed by atoms with van der Waals surface area (Å²) in [4.78, 5) is 27.7. The molecule has 0 saturated heterocycles. The summed E-state index contributed by atoms with van der Waals surface area (Å²) in [5.41, 5.74) is 0. The summed E-state index contributed by atoms with van der Waals surface area (Å²) in [6.07, 6.45) is 0. The fourth-order valence-corrected chi connectivity index (χ4v) is 0.360. The Balaban J connectivity index is 3.88. The fraction of sp³-hybridized carbons (Fsp3) is 0.250. The normalized spacial score (nSPS) is 8.17. The molecule has 0 unspecified atom stereocenters. The number of hydrogen-bond donors (Lipinski definition) is 2. The van der Waals surface area contributed by atoms with Crippen LogP contribution in [-0.2, 0) is 38.8 Å². The Bertz CT molecular complexity index is 240. The van der Waals surface area contributed by atoms with E-state index in [0.717, 1.165) is 0 Å². The third-order valence-electron chi connectivity index (χ3n) is 0.608. The van der Waals surface area contributed by atoms with Gasteiger partial charge in [-0.05, 0) is 0 Å². The maximum absolute atomic E-state index is 10.3. The molecule has 7 nitrogen and oxygen atoms in total. The van der Waals surface area contributed by atoms with Crippen molar-refractivity contribution in [3.8, 4) is 0 Å². The molecule has 12 heavy (non-hydrogen) atoms. The Morgan fingerprint density at radius 3 is 2.33 bits per heavy atom. The van der Waals surface area contributed by atoms with Gasteiger partial charge in [-0.2, -0.15) is 0 Å². The molecule has 0 fully saturated rings. The molecule has 0 aliphatic carbocycles. The van der Waals surface area contributed by atoms with Gasteiger partial charge in [0.05, 0.1) is 0 Å². The van der Waals surface area contributed by atoms with E-state index in [1.54, 1.807) is 0 Å². The summed E-state index contributed by atoms with van der Waals surface area (Å²) in [5.74, 6) is -2.61. The number of carbonyl (C=O) groups is 2. The van der Waals surface area contributed by atoms with Crippen LogP contribution in [-0.4, -0.2) is 33.2 Å². The van der Waals surface area contributed by atoms with Crippen LogP contribution in [0.3, 0.4) is 0 Å². The van der Waals surface area contributed by atoms with Crippen molar-refractivity contribution in [3.05, 3.63) is 0 Å². The molecule has 0 saturated carbocycles. The zero-order valence-corrected chi connectivity index (χ0v) is 6.99. The summed E-state index contributed by atoms with van der Waals surface area (Å²) in [6, 6.07) is 0. The minimum atomic E-state index is -1.91. The summed E-state index contributed by atoms with van der Waals surface area (Å²) in [6.45, 7) is -0.959. The number of aliphatic hydroxyl groups is 2. The molecular formula is C4H4O7V. The molecule has 0 aliphatic heterocycles. The van der Waals surface area contributed by atoms with E-state index in [9.17, 15) is 13.3 Å². The molecule has 0 radical (unpaired) electrons. The molecule has 2 N–H and O–H groups in total. The second-order valence-electron chi connectivity index (χ2n) is 1.40. The second-order valence-corrected chi connectivity index (χ2v) is 2.35. The van der Waals surface area contributed by atoms with Crippen LogP contribution >= 0.6 is 0 Å². The van der Waals surface area contributed by atoms with Crippen molar-refractivity contribution in [2.24, 2.45) is 0 Å². The van der Waals surface area contributed by atoms with Gasteiger partial charge < -0.3 is 0 Å². The van der Waals surface area contributed by atoms with E-state index in [1.165, 1.54) is 0 Å². The minimum absolute atomic E-state index is 0.959. The summed E-state index contributed by atoms with van der Waals surface area (Å²) in [5, 5.41) is 16.5. The third kappa shape index (κ3) is 4.09. The van der Waals surface area contributed by atoms with Gasteiger partial charge in [-0.1, -0.05) is 0 Å². The molecule has 0 bridgehead atoms. The van der Waals surface area contributed by atoms with E-state index >= 15 is 0 Å². The Labute approximate surface area is 72.6 Å². The van der Waals surface area contributed by atoms with Gasteiger partial charge in [0.15, 0.2) is 0 Å².